The van der Waals surface area contributed by atoms with Gasteiger partial charge in [-0.2, -0.15) is 0 Å². The minimum Gasteiger partial charge on any atom is -0.319 e. The van der Waals surface area contributed by atoms with Gasteiger partial charge in [0.2, 0.25) is 0 Å². The summed E-state index contributed by atoms with van der Waals surface area (Å²) >= 11 is 0. The van der Waals surface area contributed by atoms with E-state index >= 15 is 0 Å². The second-order valence-electron chi connectivity index (χ2n) is 7.24. The van der Waals surface area contributed by atoms with Crippen LogP contribution >= 0.6 is 0 Å². The van der Waals surface area contributed by atoms with Crippen molar-refractivity contribution in [3.05, 3.63) is 23.8 Å². The molecule has 3 nitrogen and oxygen atoms in total. The van der Waals surface area contributed by atoms with Crippen molar-refractivity contribution in [2.24, 2.45) is 23.7 Å². The van der Waals surface area contributed by atoms with Crippen molar-refractivity contribution < 1.29 is 0 Å². The van der Waals surface area contributed by atoms with Gasteiger partial charge in [0.15, 0.2) is 0 Å². The van der Waals surface area contributed by atoms with E-state index in [2.05, 4.69) is 27.7 Å². The molecule has 108 valence electrons. The van der Waals surface area contributed by atoms with Crippen LogP contribution in [0.3, 0.4) is 0 Å². The van der Waals surface area contributed by atoms with Crippen LogP contribution in [0.15, 0.2) is 12.4 Å². The maximum Gasteiger partial charge on any atom is 0.129 e. The fraction of sp³-hybridized carbons (Fsp3) is 0.765. The summed E-state index contributed by atoms with van der Waals surface area (Å²) in [6.45, 7) is 0.956. The van der Waals surface area contributed by atoms with Crippen LogP contribution in [-0.2, 0) is 6.42 Å². The highest BCUT2D eigenvalue weighted by molar-refractivity contribution is 5.19. The molecule has 4 bridgehead atoms. The quantitative estimate of drug-likeness (QED) is 0.915. The Morgan fingerprint density at radius 2 is 1.60 bits per heavy atom. The smallest absolute Gasteiger partial charge is 0.129 e. The molecule has 1 aromatic rings. The van der Waals surface area contributed by atoms with Crippen LogP contribution in [0.2, 0.25) is 0 Å². The van der Waals surface area contributed by atoms with Gasteiger partial charge in [-0.25, -0.2) is 9.97 Å². The average Bonchev–Trinajstić information content (AvgIpc) is 2.45. The van der Waals surface area contributed by atoms with E-state index in [9.17, 15) is 0 Å². The molecule has 0 aromatic carbocycles. The number of hydrogen-bond acceptors (Lipinski definition) is 3. The van der Waals surface area contributed by atoms with Crippen LogP contribution in [0.25, 0.3) is 0 Å². The Hall–Kier alpha value is -0.960. The summed E-state index contributed by atoms with van der Waals surface area (Å²) in [6, 6.07) is 0. The summed E-state index contributed by atoms with van der Waals surface area (Å²) in [5.41, 5.74) is 1.42. The summed E-state index contributed by atoms with van der Waals surface area (Å²) in [6.07, 6.45) is 12.6. The van der Waals surface area contributed by atoms with E-state index in [0.717, 1.165) is 48.4 Å². The van der Waals surface area contributed by atoms with Gasteiger partial charge in [0.1, 0.15) is 5.82 Å². The van der Waals surface area contributed by atoms with Gasteiger partial charge in [-0.15, -0.1) is 0 Å². The van der Waals surface area contributed by atoms with Crippen molar-refractivity contribution in [2.75, 3.05) is 13.6 Å². The SMILES string of the molecule is CNCCc1ncc(C2C3CC4CC(C3)CC2C4)cn1. The molecule has 0 amide bonds. The molecule has 1 N–H and O–H groups in total. The molecular weight excluding hydrogens is 246 g/mol. The Balaban J connectivity index is 1.52. The molecular formula is C17H25N3. The lowest BCUT2D eigenvalue weighted by Gasteiger charge is -2.54. The van der Waals surface area contributed by atoms with E-state index in [1.165, 1.54) is 37.7 Å². The normalized spacial score (nSPS) is 38.4. The van der Waals surface area contributed by atoms with Crippen LogP contribution in [0.1, 0.15) is 49.4 Å². The van der Waals surface area contributed by atoms with Gasteiger partial charge in [-0.05, 0) is 74.3 Å². The summed E-state index contributed by atoms with van der Waals surface area (Å²) < 4.78 is 0. The summed E-state index contributed by atoms with van der Waals surface area (Å²) in [4.78, 5) is 9.20. The van der Waals surface area contributed by atoms with Gasteiger partial charge in [-0.3, -0.25) is 0 Å². The first-order valence-corrected chi connectivity index (χ1v) is 8.29. The number of rotatable bonds is 4. The molecule has 3 heteroatoms. The van der Waals surface area contributed by atoms with E-state index in [-0.39, 0.29) is 0 Å². The van der Waals surface area contributed by atoms with Crippen LogP contribution < -0.4 is 5.32 Å². The van der Waals surface area contributed by atoms with E-state index in [0.29, 0.717) is 0 Å². The maximum absolute atomic E-state index is 4.60. The van der Waals surface area contributed by atoms with Crippen LogP contribution in [0.5, 0.6) is 0 Å². The van der Waals surface area contributed by atoms with Crippen LogP contribution in [0, 0.1) is 23.7 Å². The second-order valence-corrected chi connectivity index (χ2v) is 7.24. The topological polar surface area (TPSA) is 37.8 Å². The molecule has 4 saturated carbocycles. The number of nitrogens with zero attached hydrogens (tertiary/aromatic N) is 2. The molecule has 20 heavy (non-hydrogen) atoms. The zero-order valence-corrected chi connectivity index (χ0v) is 12.4. The predicted molar refractivity (Wildman–Crippen MR) is 79.4 cm³/mol. The molecule has 4 fully saturated rings. The van der Waals surface area contributed by atoms with Crippen molar-refractivity contribution in [1.82, 2.24) is 15.3 Å². The van der Waals surface area contributed by atoms with E-state index < -0.39 is 0 Å². The van der Waals surface area contributed by atoms with Crippen molar-refractivity contribution in [3.8, 4) is 0 Å². The molecule has 0 saturated heterocycles. The van der Waals surface area contributed by atoms with Crippen LogP contribution in [0.4, 0.5) is 0 Å². The van der Waals surface area contributed by atoms with Gasteiger partial charge >= 0.3 is 0 Å². The van der Waals surface area contributed by atoms with Crippen molar-refractivity contribution in [3.63, 3.8) is 0 Å². The standard InChI is InChI=1S/C17H25N3/c1-18-3-2-16-19-9-15(10-20-16)17-13-5-11-4-12(7-13)8-14(17)6-11/h9-14,17-18H,2-8H2,1H3. The summed E-state index contributed by atoms with van der Waals surface area (Å²) in [5.74, 6) is 5.69. The fourth-order valence-electron chi connectivity index (χ4n) is 5.37. The predicted octanol–water partition coefficient (Wildman–Crippen LogP) is 2.78. The third-order valence-electron chi connectivity index (χ3n) is 5.94. The van der Waals surface area contributed by atoms with Gasteiger partial charge in [0, 0.05) is 25.4 Å². The first-order chi connectivity index (χ1) is 9.83. The van der Waals surface area contributed by atoms with Crippen molar-refractivity contribution in [2.45, 2.75) is 44.4 Å². The van der Waals surface area contributed by atoms with Gasteiger partial charge < -0.3 is 5.32 Å². The lowest BCUT2D eigenvalue weighted by atomic mass is 9.51. The Morgan fingerprint density at radius 1 is 1.00 bits per heavy atom. The van der Waals surface area contributed by atoms with Crippen LogP contribution in [-0.4, -0.2) is 23.6 Å². The van der Waals surface area contributed by atoms with Gasteiger partial charge in [0.05, 0.1) is 0 Å². The fourth-order valence-corrected chi connectivity index (χ4v) is 5.37. The minimum atomic E-state index is 0.765. The number of nitrogens with one attached hydrogen (secondary N) is 1. The maximum atomic E-state index is 4.60. The Kier molecular flexibility index (Phi) is 3.25. The first-order valence-electron chi connectivity index (χ1n) is 8.29. The van der Waals surface area contributed by atoms with E-state index in [1.807, 2.05) is 7.05 Å². The lowest BCUT2D eigenvalue weighted by molar-refractivity contribution is -0.00301. The average molecular weight is 271 g/mol. The molecule has 0 atom stereocenters. The highest BCUT2D eigenvalue weighted by Gasteiger charge is 2.48. The molecule has 0 spiro atoms. The number of likely N-dealkylation sites (N-methyl/N-ethyl adjacent to an activating group) is 1. The Bertz CT molecular complexity index is 440. The minimum absolute atomic E-state index is 0.765. The number of aromatic nitrogens is 2. The molecule has 1 aromatic heterocycles. The van der Waals surface area contributed by atoms with Crippen molar-refractivity contribution >= 4 is 0 Å². The van der Waals surface area contributed by atoms with Crippen molar-refractivity contribution in [1.29, 1.82) is 0 Å². The van der Waals surface area contributed by atoms with Gasteiger partial charge in [-0.1, -0.05) is 0 Å². The molecule has 0 aliphatic heterocycles. The van der Waals surface area contributed by atoms with E-state index in [4.69, 9.17) is 0 Å². The Morgan fingerprint density at radius 3 is 2.15 bits per heavy atom. The zero-order valence-electron chi connectivity index (χ0n) is 12.4. The molecule has 0 unspecified atom stereocenters. The number of hydrogen-bond donors (Lipinski definition) is 1. The Labute approximate surface area is 121 Å². The second kappa shape index (κ2) is 5.10. The largest absolute Gasteiger partial charge is 0.319 e. The highest BCUT2D eigenvalue weighted by Crippen LogP contribution is 2.59. The zero-order chi connectivity index (χ0) is 13.5. The van der Waals surface area contributed by atoms with Gasteiger partial charge in [0.25, 0.3) is 0 Å². The third kappa shape index (κ3) is 2.16. The lowest BCUT2D eigenvalue weighted by Crippen LogP contribution is -2.43. The summed E-state index contributed by atoms with van der Waals surface area (Å²) in [7, 11) is 1.98. The van der Waals surface area contributed by atoms with E-state index in [1.54, 1.807) is 0 Å². The summed E-state index contributed by atoms with van der Waals surface area (Å²) in [5, 5.41) is 3.16. The molecule has 4 aliphatic rings. The third-order valence-corrected chi connectivity index (χ3v) is 5.94. The monoisotopic (exact) mass is 271 g/mol. The first kappa shape index (κ1) is 12.8. The molecule has 4 aliphatic carbocycles. The molecule has 5 rings (SSSR count). The molecule has 0 radical (unpaired) electrons. The molecule has 1 heterocycles. The highest BCUT2D eigenvalue weighted by atomic mass is 14.9.